The highest BCUT2D eigenvalue weighted by Gasteiger charge is 2.16. The Hall–Kier alpha value is -4.38. The second kappa shape index (κ2) is 8.87. The Labute approximate surface area is 198 Å². The number of rotatable bonds is 6. The molecule has 0 N–H and O–H groups in total. The summed E-state index contributed by atoms with van der Waals surface area (Å²) in [6.07, 6.45) is 4.59. The molecule has 0 atom stereocenters. The third kappa shape index (κ3) is 3.61. The van der Waals surface area contributed by atoms with Gasteiger partial charge < -0.3 is 9.47 Å². The van der Waals surface area contributed by atoms with E-state index in [1.54, 1.807) is 0 Å². The standard InChI is InChI=1S/C29H24N2O3/c1-19-23(20-8-5-4-6-9-20)10-7-11-24(19)21-12-13-31-26(17-30-29(31)16-21)22-14-27(33-2)25(18-32)28(15-22)34-3/h4-18H,1-3H3. The number of imidazole rings is 1. The molecule has 5 rings (SSSR count). The fourth-order valence-corrected chi connectivity index (χ4v) is 4.44. The van der Waals surface area contributed by atoms with E-state index < -0.39 is 0 Å². The van der Waals surface area contributed by atoms with Gasteiger partial charge in [-0.3, -0.25) is 9.20 Å². The number of hydrogen-bond acceptors (Lipinski definition) is 4. The first-order chi connectivity index (χ1) is 16.6. The quantitative estimate of drug-likeness (QED) is 0.279. The summed E-state index contributed by atoms with van der Waals surface area (Å²) in [6, 6.07) is 24.7. The predicted octanol–water partition coefficient (Wildman–Crippen LogP) is 6.47. The number of fused-ring (bicyclic) bond motifs is 1. The molecule has 168 valence electrons. The molecule has 0 saturated carbocycles. The predicted molar refractivity (Wildman–Crippen MR) is 135 cm³/mol. The minimum Gasteiger partial charge on any atom is -0.496 e. The highest BCUT2D eigenvalue weighted by molar-refractivity contribution is 5.86. The van der Waals surface area contributed by atoms with Crippen molar-refractivity contribution in [2.75, 3.05) is 14.2 Å². The molecule has 0 aliphatic carbocycles. The van der Waals surface area contributed by atoms with Gasteiger partial charge in [-0.2, -0.15) is 0 Å². The molecule has 34 heavy (non-hydrogen) atoms. The highest BCUT2D eigenvalue weighted by Crippen LogP contribution is 2.36. The Bertz CT molecular complexity index is 1480. The van der Waals surface area contributed by atoms with Crippen LogP contribution in [0, 0.1) is 6.92 Å². The lowest BCUT2D eigenvalue weighted by atomic mass is 9.93. The van der Waals surface area contributed by atoms with Crippen molar-refractivity contribution in [2.45, 2.75) is 6.92 Å². The van der Waals surface area contributed by atoms with Gasteiger partial charge in [0.05, 0.1) is 31.7 Å². The van der Waals surface area contributed by atoms with Crippen LogP contribution < -0.4 is 9.47 Å². The van der Waals surface area contributed by atoms with Gasteiger partial charge in [-0.25, -0.2) is 4.98 Å². The van der Waals surface area contributed by atoms with Gasteiger partial charge in [-0.15, -0.1) is 0 Å². The maximum absolute atomic E-state index is 11.5. The number of nitrogens with zero attached hydrogens (tertiary/aromatic N) is 2. The SMILES string of the molecule is COc1cc(-c2cnc3cc(-c4cccc(-c5ccccc5)c4C)ccn23)cc(OC)c1C=O. The summed E-state index contributed by atoms with van der Waals surface area (Å²) in [7, 11) is 3.08. The van der Waals surface area contributed by atoms with Crippen LogP contribution in [0.1, 0.15) is 15.9 Å². The van der Waals surface area contributed by atoms with Crippen molar-refractivity contribution in [2.24, 2.45) is 0 Å². The maximum atomic E-state index is 11.5. The molecule has 5 nitrogen and oxygen atoms in total. The van der Waals surface area contributed by atoms with Crippen LogP contribution in [0.25, 0.3) is 39.2 Å². The highest BCUT2D eigenvalue weighted by atomic mass is 16.5. The van der Waals surface area contributed by atoms with Crippen molar-refractivity contribution in [3.05, 3.63) is 96.3 Å². The van der Waals surface area contributed by atoms with E-state index in [1.165, 1.54) is 36.5 Å². The lowest BCUT2D eigenvalue weighted by molar-refractivity contribution is 0.111. The summed E-state index contributed by atoms with van der Waals surface area (Å²) in [6.45, 7) is 2.16. The molecular weight excluding hydrogens is 424 g/mol. The largest absolute Gasteiger partial charge is 0.496 e. The summed E-state index contributed by atoms with van der Waals surface area (Å²) in [5.74, 6) is 0.925. The monoisotopic (exact) mass is 448 g/mol. The van der Waals surface area contributed by atoms with Crippen LogP contribution in [0.4, 0.5) is 0 Å². The minimum absolute atomic E-state index is 0.388. The van der Waals surface area contributed by atoms with Crippen LogP contribution in [-0.4, -0.2) is 29.9 Å². The average Bonchev–Trinajstić information content (AvgIpc) is 3.31. The van der Waals surface area contributed by atoms with Crippen molar-refractivity contribution in [3.8, 4) is 45.0 Å². The summed E-state index contributed by atoms with van der Waals surface area (Å²) >= 11 is 0. The number of carbonyl (C=O) groups is 1. The Kier molecular flexibility index (Phi) is 5.60. The smallest absolute Gasteiger partial charge is 0.157 e. The van der Waals surface area contributed by atoms with E-state index in [0.29, 0.717) is 17.1 Å². The number of ether oxygens (including phenoxy) is 2. The number of benzene rings is 3. The number of pyridine rings is 1. The average molecular weight is 449 g/mol. The van der Waals surface area contributed by atoms with E-state index in [4.69, 9.17) is 9.47 Å². The Balaban J connectivity index is 1.60. The molecule has 0 amide bonds. The fourth-order valence-electron chi connectivity index (χ4n) is 4.44. The summed E-state index contributed by atoms with van der Waals surface area (Å²) in [5.41, 5.74) is 8.87. The van der Waals surface area contributed by atoms with Crippen molar-refractivity contribution < 1.29 is 14.3 Å². The Morgan fingerprint density at radius 1 is 0.794 bits per heavy atom. The van der Waals surface area contributed by atoms with Crippen LogP contribution in [0.15, 0.2) is 85.2 Å². The van der Waals surface area contributed by atoms with Crippen molar-refractivity contribution in [3.63, 3.8) is 0 Å². The van der Waals surface area contributed by atoms with Gasteiger partial charge in [0, 0.05) is 11.8 Å². The van der Waals surface area contributed by atoms with Gasteiger partial charge in [0.25, 0.3) is 0 Å². The van der Waals surface area contributed by atoms with E-state index in [9.17, 15) is 4.79 Å². The van der Waals surface area contributed by atoms with Crippen molar-refractivity contribution in [1.82, 2.24) is 9.38 Å². The van der Waals surface area contributed by atoms with Crippen molar-refractivity contribution >= 4 is 11.9 Å². The molecule has 0 fully saturated rings. The zero-order valence-electron chi connectivity index (χ0n) is 19.3. The second-order valence-corrected chi connectivity index (χ2v) is 8.04. The van der Waals surface area contributed by atoms with Crippen LogP contribution >= 0.6 is 0 Å². The molecule has 0 aliphatic rings. The Morgan fingerprint density at radius 3 is 2.12 bits per heavy atom. The van der Waals surface area contributed by atoms with E-state index in [-0.39, 0.29) is 0 Å². The van der Waals surface area contributed by atoms with Crippen molar-refractivity contribution in [1.29, 1.82) is 0 Å². The molecule has 2 heterocycles. The first-order valence-electron chi connectivity index (χ1n) is 11.0. The van der Waals surface area contributed by atoms with Gasteiger partial charge in [0.1, 0.15) is 17.1 Å². The van der Waals surface area contributed by atoms with E-state index in [1.807, 2.05) is 35.0 Å². The van der Waals surface area contributed by atoms with E-state index in [0.717, 1.165) is 28.8 Å². The number of hydrogen-bond donors (Lipinski definition) is 0. The first kappa shape index (κ1) is 21.5. The van der Waals surface area contributed by atoms with Gasteiger partial charge in [0.15, 0.2) is 6.29 Å². The van der Waals surface area contributed by atoms with Gasteiger partial charge in [-0.1, -0.05) is 48.5 Å². The van der Waals surface area contributed by atoms with Gasteiger partial charge >= 0.3 is 0 Å². The molecule has 0 saturated heterocycles. The number of aromatic nitrogens is 2. The van der Waals surface area contributed by atoms with E-state index >= 15 is 0 Å². The van der Waals surface area contributed by atoms with Gasteiger partial charge in [-0.05, 0) is 59.0 Å². The van der Waals surface area contributed by atoms with Crippen LogP contribution in [-0.2, 0) is 0 Å². The topological polar surface area (TPSA) is 52.8 Å². The minimum atomic E-state index is 0.388. The van der Waals surface area contributed by atoms with Crippen LogP contribution in [0.3, 0.4) is 0 Å². The van der Waals surface area contributed by atoms with Crippen LogP contribution in [0.5, 0.6) is 11.5 Å². The molecule has 0 radical (unpaired) electrons. The molecule has 0 spiro atoms. The molecule has 2 aromatic heterocycles. The second-order valence-electron chi connectivity index (χ2n) is 8.04. The molecule has 0 bridgehead atoms. The molecular formula is C29H24N2O3. The zero-order valence-corrected chi connectivity index (χ0v) is 19.3. The summed E-state index contributed by atoms with van der Waals surface area (Å²) in [4.78, 5) is 16.2. The lowest BCUT2D eigenvalue weighted by Gasteiger charge is -2.13. The summed E-state index contributed by atoms with van der Waals surface area (Å²) < 4.78 is 12.9. The summed E-state index contributed by atoms with van der Waals surface area (Å²) in [5, 5.41) is 0. The van der Waals surface area contributed by atoms with Gasteiger partial charge in [0.2, 0.25) is 0 Å². The zero-order chi connectivity index (χ0) is 23.7. The first-order valence-corrected chi connectivity index (χ1v) is 11.0. The maximum Gasteiger partial charge on any atom is 0.157 e. The Morgan fingerprint density at radius 2 is 1.47 bits per heavy atom. The molecule has 5 heteroatoms. The third-order valence-electron chi connectivity index (χ3n) is 6.20. The molecule has 0 unspecified atom stereocenters. The van der Waals surface area contributed by atoms with Crippen LogP contribution in [0.2, 0.25) is 0 Å². The lowest BCUT2D eigenvalue weighted by Crippen LogP contribution is -1.97. The number of aldehydes is 1. The normalized spacial score (nSPS) is 10.9. The number of methoxy groups -OCH3 is 2. The van der Waals surface area contributed by atoms with E-state index in [2.05, 4.69) is 66.5 Å². The number of carbonyl (C=O) groups excluding carboxylic acids is 1. The third-order valence-corrected chi connectivity index (χ3v) is 6.20. The molecule has 5 aromatic rings. The fraction of sp³-hybridized carbons (Fsp3) is 0.103. The molecule has 0 aliphatic heterocycles. The molecule has 3 aromatic carbocycles.